The van der Waals surface area contributed by atoms with Crippen molar-refractivity contribution < 1.29 is 4.79 Å². The van der Waals surface area contributed by atoms with E-state index in [9.17, 15) is 4.79 Å². The number of benzene rings is 1. The third kappa shape index (κ3) is 5.33. The second-order valence-corrected chi connectivity index (χ2v) is 4.87. The van der Waals surface area contributed by atoms with Crippen molar-refractivity contribution in [3.05, 3.63) is 28.7 Å². The van der Waals surface area contributed by atoms with Crippen LogP contribution in [-0.4, -0.2) is 18.5 Å². The van der Waals surface area contributed by atoms with Crippen LogP contribution in [0.25, 0.3) is 0 Å². The first-order valence-electron chi connectivity index (χ1n) is 5.94. The first-order chi connectivity index (χ1) is 8.15. The normalized spacial score (nSPS) is 10.6. The standard InChI is InChI=1S/C13H19BrN2O/c1-3-11(4-2)15-9-13(17)16-12-7-5-10(14)6-8-12/h5-8,11,15H,3-4,9H2,1-2H3,(H,16,17). The summed E-state index contributed by atoms with van der Waals surface area (Å²) in [5, 5.41) is 6.08. The van der Waals surface area contributed by atoms with Crippen LogP contribution in [0.1, 0.15) is 26.7 Å². The van der Waals surface area contributed by atoms with Crippen LogP contribution in [0.2, 0.25) is 0 Å². The van der Waals surface area contributed by atoms with E-state index in [0.29, 0.717) is 12.6 Å². The van der Waals surface area contributed by atoms with Gasteiger partial charge in [0.2, 0.25) is 5.91 Å². The zero-order chi connectivity index (χ0) is 12.7. The summed E-state index contributed by atoms with van der Waals surface area (Å²) in [5.74, 6) is -0.000720. The Labute approximate surface area is 111 Å². The molecule has 0 fully saturated rings. The molecule has 3 nitrogen and oxygen atoms in total. The van der Waals surface area contributed by atoms with Gasteiger partial charge < -0.3 is 10.6 Å². The summed E-state index contributed by atoms with van der Waals surface area (Å²) < 4.78 is 1.01. The minimum absolute atomic E-state index is 0.000720. The molecule has 0 radical (unpaired) electrons. The summed E-state index contributed by atoms with van der Waals surface area (Å²) >= 11 is 3.36. The van der Waals surface area contributed by atoms with E-state index in [1.807, 2.05) is 24.3 Å². The zero-order valence-corrected chi connectivity index (χ0v) is 11.9. The van der Waals surface area contributed by atoms with Crippen molar-refractivity contribution >= 4 is 27.5 Å². The van der Waals surface area contributed by atoms with Gasteiger partial charge in [-0.2, -0.15) is 0 Å². The summed E-state index contributed by atoms with van der Waals surface area (Å²) in [6, 6.07) is 7.98. The van der Waals surface area contributed by atoms with Crippen molar-refractivity contribution in [2.24, 2.45) is 0 Å². The predicted octanol–water partition coefficient (Wildman–Crippen LogP) is 3.17. The fraction of sp³-hybridized carbons (Fsp3) is 0.462. The number of carbonyl (C=O) groups excluding carboxylic acids is 1. The quantitative estimate of drug-likeness (QED) is 0.847. The minimum atomic E-state index is -0.000720. The van der Waals surface area contributed by atoms with E-state index in [2.05, 4.69) is 40.4 Å². The van der Waals surface area contributed by atoms with Gasteiger partial charge in [0.05, 0.1) is 6.54 Å². The Balaban J connectivity index is 2.37. The summed E-state index contributed by atoms with van der Waals surface area (Å²) in [4.78, 5) is 11.6. The van der Waals surface area contributed by atoms with Crippen molar-refractivity contribution in [1.82, 2.24) is 5.32 Å². The molecule has 4 heteroatoms. The smallest absolute Gasteiger partial charge is 0.238 e. The molecule has 0 spiro atoms. The molecule has 94 valence electrons. The summed E-state index contributed by atoms with van der Waals surface area (Å²) in [6.07, 6.45) is 2.09. The second-order valence-electron chi connectivity index (χ2n) is 3.95. The third-order valence-electron chi connectivity index (χ3n) is 2.66. The van der Waals surface area contributed by atoms with Crippen LogP contribution in [-0.2, 0) is 4.79 Å². The van der Waals surface area contributed by atoms with Gasteiger partial charge in [-0.05, 0) is 37.1 Å². The summed E-state index contributed by atoms with van der Waals surface area (Å²) in [5.41, 5.74) is 0.824. The lowest BCUT2D eigenvalue weighted by Gasteiger charge is -2.14. The zero-order valence-electron chi connectivity index (χ0n) is 10.3. The number of anilines is 1. The first kappa shape index (κ1) is 14.2. The molecule has 1 aromatic rings. The van der Waals surface area contributed by atoms with Gasteiger partial charge in [0.15, 0.2) is 0 Å². The molecule has 0 aromatic heterocycles. The lowest BCUT2D eigenvalue weighted by Crippen LogP contribution is -2.35. The highest BCUT2D eigenvalue weighted by Crippen LogP contribution is 2.13. The van der Waals surface area contributed by atoms with E-state index in [1.54, 1.807) is 0 Å². The van der Waals surface area contributed by atoms with Crippen LogP contribution in [0.5, 0.6) is 0 Å². The van der Waals surface area contributed by atoms with Gasteiger partial charge in [0.1, 0.15) is 0 Å². The van der Waals surface area contributed by atoms with E-state index in [1.165, 1.54) is 0 Å². The number of hydrogen-bond donors (Lipinski definition) is 2. The highest BCUT2D eigenvalue weighted by molar-refractivity contribution is 9.10. The number of hydrogen-bond acceptors (Lipinski definition) is 2. The van der Waals surface area contributed by atoms with Crippen LogP contribution in [0.3, 0.4) is 0 Å². The molecule has 0 aliphatic rings. The fourth-order valence-corrected chi connectivity index (χ4v) is 1.82. The lowest BCUT2D eigenvalue weighted by atomic mass is 10.2. The van der Waals surface area contributed by atoms with Gasteiger partial charge in [-0.15, -0.1) is 0 Å². The van der Waals surface area contributed by atoms with Gasteiger partial charge in [0, 0.05) is 16.2 Å². The number of amides is 1. The molecule has 1 rings (SSSR count). The number of nitrogens with one attached hydrogen (secondary N) is 2. The van der Waals surface area contributed by atoms with Crippen molar-refractivity contribution in [3.8, 4) is 0 Å². The highest BCUT2D eigenvalue weighted by Gasteiger charge is 2.06. The number of rotatable bonds is 6. The van der Waals surface area contributed by atoms with Crippen LogP contribution in [0.4, 0.5) is 5.69 Å². The predicted molar refractivity (Wildman–Crippen MR) is 75.1 cm³/mol. The fourth-order valence-electron chi connectivity index (χ4n) is 1.55. The minimum Gasteiger partial charge on any atom is -0.325 e. The van der Waals surface area contributed by atoms with Crippen molar-refractivity contribution in [3.63, 3.8) is 0 Å². The van der Waals surface area contributed by atoms with E-state index >= 15 is 0 Å². The maximum absolute atomic E-state index is 11.6. The number of carbonyl (C=O) groups is 1. The maximum atomic E-state index is 11.6. The first-order valence-corrected chi connectivity index (χ1v) is 6.73. The van der Waals surface area contributed by atoms with E-state index in [-0.39, 0.29) is 5.91 Å². The van der Waals surface area contributed by atoms with Crippen LogP contribution in [0, 0.1) is 0 Å². The Kier molecular flexibility index (Phi) is 6.22. The molecular formula is C13H19BrN2O. The van der Waals surface area contributed by atoms with Crippen LogP contribution in [0.15, 0.2) is 28.7 Å². The van der Waals surface area contributed by atoms with Gasteiger partial charge in [-0.1, -0.05) is 29.8 Å². The molecule has 0 aliphatic heterocycles. The van der Waals surface area contributed by atoms with Gasteiger partial charge in [-0.3, -0.25) is 4.79 Å². The molecule has 0 aliphatic carbocycles. The Morgan fingerprint density at radius 3 is 2.35 bits per heavy atom. The summed E-state index contributed by atoms with van der Waals surface area (Å²) in [7, 11) is 0. The Bertz CT molecular complexity index is 347. The molecule has 1 aromatic carbocycles. The third-order valence-corrected chi connectivity index (χ3v) is 3.19. The van der Waals surface area contributed by atoms with Crippen molar-refractivity contribution in [2.75, 3.05) is 11.9 Å². The lowest BCUT2D eigenvalue weighted by molar-refractivity contribution is -0.115. The van der Waals surface area contributed by atoms with Crippen LogP contribution < -0.4 is 10.6 Å². The molecular weight excluding hydrogens is 280 g/mol. The molecule has 0 bridgehead atoms. The van der Waals surface area contributed by atoms with Crippen LogP contribution >= 0.6 is 15.9 Å². The second kappa shape index (κ2) is 7.45. The van der Waals surface area contributed by atoms with Crippen molar-refractivity contribution in [1.29, 1.82) is 0 Å². The summed E-state index contributed by atoms with van der Waals surface area (Å²) in [6.45, 7) is 4.60. The van der Waals surface area contributed by atoms with Crippen molar-refractivity contribution in [2.45, 2.75) is 32.7 Å². The Morgan fingerprint density at radius 2 is 1.82 bits per heavy atom. The SMILES string of the molecule is CCC(CC)NCC(=O)Nc1ccc(Br)cc1. The molecule has 1 amide bonds. The Hall–Kier alpha value is -0.870. The molecule has 2 N–H and O–H groups in total. The largest absolute Gasteiger partial charge is 0.325 e. The number of halogens is 1. The average molecular weight is 299 g/mol. The van der Waals surface area contributed by atoms with E-state index in [4.69, 9.17) is 0 Å². The highest BCUT2D eigenvalue weighted by atomic mass is 79.9. The topological polar surface area (TPSA) is 41.1 Å². The molecule has 0 heterocycles. The molecule has 0 atom stereocenters. The van der Waals surface area contributed by atoms with E-state index in [0.717, 1.165) is 23.0 Å². The van der Waals surface area contributed by atoms with Gasteiger partial charge in [0.25, 0.3) is 0 Å². The molecule has 0 saturated heterocycles. The Morgan fingerprint density at radius 1 is 1.24 bits per heavy atom. The maximum Gasteiger partial charge on any atom is 0.238 e. The van der Waals surface area contributed by atoms with Gasteiger partial charge >= 0.3 is 0 Å². The van der Waals surface area contributed by atoms with E-state index < -0.39 is 0 Å². The van der Waals surface area contributed by atoms with Gasteiger partial charge in [-0.25, -0.2) is 0 Å². The molecule has 0 unspecified atom stereocenters. The molecule has 0 saturated carbocycles. The average Bonchev–Trinajstić information content (AvgIpc) is 2.33. The molecule has 17 heavy (non-hydrogen) atoms. The monoisotopic (exact) mass is 298 g/mol.